The van der Waals surface area contributed by atoms with Gasteiger partial charge in [0.2, 0.25) is 0 Å². The van der Waals surface area contributed by atoms with Gasteiger partial charge in [-0.25, -0.2) is 0 Å². The van der Waals surface area contributed by atoms with Crippen LogP contribution in [0.3, 0.4) is 0 Å². The van der Waals surface area contributed by atoms with Gasteiger partial charge in [0.1, 0.15) is 11.9 Å². The molecule has 2 aliphatic rings. The van der Waals surface area contributed by atoms with Gasteiger partial charge in [-0.2, -0.15) is 0 Å². The van der Waals surface area contributed by atoms with E-state index in [0.717, 1.165) is 17.1 Å². The molecule has 2 atom stereocenters. The summed E-state index contributed by atoms with van der Waals surface area (Å²) in [7, 11) is 0. The van der Waals surface area contributed by atoms with E-state index in [-0.39, 0.29) is 12.0 Å². The van der Waals surface area contributed by atoms with Crippen molar-refractivity contribution in [3.05, 3.63) is 169 Å². The predicted octanol–water partition coefficient (Wildman–Crippen LogP) is 10.4. The zero-order chi connectivity index (χ0) is 29.5. The second-order valence-electron chi connectivity index (χ2n) is 12.1. The van der Waals surface area contributed by atoms with Gasteiger partial charge in [0, 0.05) is 44.4 Å². The van der Waals surface area contributed by atoms with E-state index >= 15 is 0 Å². The Kier molecular flexibility index (Phi) is 5.11. The van der Waals surface area contributed by atoms with Gasteiger partial charge in [0.05, 0.1) is 22.1 Å². The maximum atomic E-state index is 6.48. The average molecular weight is 577 g/mol. The van der Waals surface area contributed by atoms with Crippen molar-refractivity contribution in [1.82, 2.24) is 9.13 Å². The molecule has 0 bridgehead atoms. The van der Waals surface area contributed by atoms with Crippen molar-refractivity contribution >= 4 is 49.2 Å². The van der Waals surface area contributed by atoms with Gasteiger partial charge in [0.25, 0.3) is 0 Å². The molecule has 3 nitrogen and oxygen atoms in total. The fraction of sp³-hybridized carbons (Fsp3) is 0.0476. The molecule has 8 aromatic rings. The Labute approximate surface area is 260 Å². The lowest BCUT2D eigenvalue weighted by atomic mass is 9.86. The fourth-order valence-corrected chi connectivity index (χ4v) is 7.65. The van der Waals surface area contributed by atoms with Gasteiger partial charge in [-0.15, -0.1) is 0 Å². The first-order chi connectivity index (χ1) is 22.3. The molecule has 2 aromatic heterocycles. The second-order valence-corrected chi connectivity index (χ2v) is 12.1. The van der Waals surface area contributed by atoms with Crippen LogP contribution in [0.1, 0.15) is 17.0 Å². The summed E-state index contributed by atoms with van der Waals surface area (Å²) in [6.45, 7) is 0. The maximum absolute atomic E-state index is 6.48. The Morgan fingerprint density at radius 3 is 1.60 bits per heavy atom. The Balaban J connectivity index is 1.08. The van der Waals surface area contributed by atoms with Crippen molar-refractivity contribution in [3.63, 3.8) is 0 Å². The first-order valence-corrected chi connectivity index (χ1v) is 15.6. The van der Waals surface area contributed by atoms with Crippen molar-refractivity contribution in [1.29, 1.82) is 0 Å². The number of para-hydroxylation sites is 4. The molecular formula is C42H28N2O. The van der Waals surface area contributed by atoms with Crippen molar-refractivity contribution in [3.8, 4) is 17.1 Å². The van der Waals surface area contributed by atoms with Crippen LogP contribution in [0.15, 0.2) is 158 Å². The molecule has 6 aromatic carbocycles. The summed E-state index contributed by atoms with van der Waals surface area (Å²) in [5.74, 6) is 1.11. The van der Waals surface area contributed by atoms with Crippen molar-refractivity contribution in [2.45, 2.75) is 12.0 Å². The van der Waals surface area contributed by atoms with Gasteiger partial charge in [-0.1, -0.05) is 97.1 Å². The zero-order valence-electron chi connectivity index (χ0n) is 24.5. The van der Waals surface area contributed by atoms with Crippen LogP contribution in [0.4, 0.5) is 0 Å². The summed E-state index contributed by atoms with van der Waals surface area (Å²) >= 11 is 0. The third-order valence-electron chi connectivity index (χ3n) is 9.65. The molecule has 0 spiro atoms. The van der Waals surface area contributed by atoms with E-state index < -0.39 is 0 Å². The molecule has 45 heavy (non-hydrogen) atoms. The molecule has 1 aliphatic heterocycles. The summed E-state index contributed by atoms with van der Waals surface area (Å²) < 4.78 is 11.2. The summed E-state index contributed by atoms with van der Waals surface area (Å²) in [4.78, 5) is 0. The molecule has 2 unspecified atom stereocenters. The number of benzene rings is 6. The van der Waals surface area contributed by atoms with Crippen molar-refractivity contribution in [2.75, 3.05) is 0 Å². The average Bonchev–Trinajstić information content (AvgIpc) is 3.75. The number of nitrogens with zero attached hydrogens (tertiary/aromatic N) is 2. The molecule has 1 aliphatic carbocycles. The quantitative estimate of drug-likeness (QED) is 0.205. The number of hydrogen-bond acceptors (Lipinski definition) is 1. The number of fused-ring (bicyclic) bond motifs is 9. The van der Waals surface area contributed by atoms with Crippen LogP contribution < -0.4 is 4.74 Å². The zero-order valence-corrected chi connectivity index (χ0v) is 24.5. The van der Waals surface area contributed by atoms with E-state index in [1.807, 2.05) is 0 Å². The molecule has 0 saturated carbocycles. The largest absolute Gasteiger partial charge is 0.485 e. The van der Waals surface area contributed by atoms with E-state index in [0.29, 0.717) is 0 Å². The Morgan fingerprint density at radius 2 is 1.02 bits per heavy atom. The molecule has 0 radical (unpaired) electrons. The van der Waals surface area contributed by atoms with Crippen LogP contribution in [-0.4, -0.2) is 15.2 Å². The molecule has 0 saturated heterocycles. The standard InChI is InChI=1S/C42H28N2O/c1-5-16-37-31(12-1)32-13-2-6-17-38(32)43(37)29-11-9-10-27(24-29)28-20-22-41-35(25-28)36-26-30(21-23-42(36)45-41)44-39-18-7-3-14-33(39)34-15-4-8-19-40(34)44/h1-26,35,41H. The number of rotatable bonds is 3. The van der Waals surface area contributed by atoms with Crippen LogP contribution >= 0.6 is 0 Å². The van der Waals surface area contributed by atoms with Crippen LogP contribution in [0.5, 0.6) is 5.75 Å². The molecule has 10 rings (SSSR count). The molecule has 0 fully saturated rings. The Morgan fingerprint density at radius 1 is 0.489 bits per heavy atom. The Hall–Kier alpha value is -5.80. The SMILES string of the molecule is C1=CC2Oc3ccc(-n4c5ccccc5c5ccccc54)cc3C2C=C1c1cccc(-n2c3ccccc3c3ccccc32)c1. The maximum Gasteiger partial charge on any atom is 0.128 e. The first-order valence-electron chi connectivity index (χ1n) is 15.6. The molecule has 3 heteroatoms. The smallest absolute Gasteiger partial charge is 0.128 e. The monoisotopic (exact) mass is 576 g/mol. The lowest BCUT2D eigenvalue weighted by Crippen LogP contribution is -2.17. The van der Waals surface area contributed by atoms with Gasteiger partial charge in [-0.3, -0.25) is 0 Å². The minimum absolute atomic E-state index is 0.00216. The fourth-order valence-electron chi connectivity index (χ4n) is 7.65. The number of hydrogen-bond donors (Lipinski definition) is 0. The van der Waals surface area contributed by atoms with E-state index in [1.165, 1.54) is 60.3 Å². The molecule has 0 N–H and O–H groups in total. The lowest BCUT2D eigenvalue weighted by molar-refractivity contribution is 0.269. The molecule has 212 valence electrons. The van der Waals surface area contributed by atoms with Gasteiger partial charge < -0.3 is 13.9 Å². The summed E-state index contributed by atoms with van der Waals surface area (Å²) in [6, 6.07) is 50.3. The van der Waals surface area contributed by atoms with Gasteiger partial charge >= 0.3 is 0 Å². The first kappa shape index (κ1) is 24.6. The van der Waals surface area contributed by atoms with Crippen molar-refractivity contribution in [2.24, 2.45) is 0 Å². The van der Waals surface area contributed by atoms with Crippen LogP contribution in [-0.2, 0) is 0 Å². The topological polar surface area (TPSA) is 19.1 Å². The highest BCUT2D eigenvalue weighted by Crippen LogP contribution is 2.45. The highest BCUT2D eigenvalue weighted by atomic mass is 16.5. The molecular weight excluding hydrogens is 548 g/mol. The highest BCUT2D eigenvalue weighted by molar-refractivity contribution is 6.10. The molecule has 3 heterocycles. The van der Waals surface area contributed by atoms with Gasteiger partial charge in [0.15, 0.2) is 0 Å². The number of ether oxygens (including phenoxy) is 1. The van der Waals surface area contributed by atoms with Crippen LogP contribution in [0.25, 0.3) is 60.6 Å². The van der Waals surface area contributed by atoms with Crippen LogP contribution in [0, 0.1) is 0 Å². The minimum Gasteiger partial charge on any atom is -0.485 e. The summed E-state index contributed by atoms with van der Waals surface area (Å²) in [5, 5.41) is 5.09. The van der Waals surface area contributed by atoms with E-state index in [9.17, 15) is 0 Å². The molecule has 0 amide bonds. The predicted molar refractivity (Wildman–Crippen MR) is 186 cm³/mol. The minimum atomic E-state index is -0.00216. The summed E-state index contributed by atoms with van der Waals surface area (Å²) in [6.07, 6.45) is 6.86. The summed E-state index contributed by atoms with van der Waals surface area (Å²) in [5.41, 5.74) is 10.9. The second kappa shape index (κ2) is 9.35. The van der Waals surface area contributed by atoms with E-state index in [2.05, 4.69) is 167 Å². The van der Waals surface area contributed by atoms with E-state index in [1.54, 1.807) is 0 Å². The third kappa shape index (κ3) is 3.58. The van der Waals surface area contributed by atoms with Crippen molar-refractivity contribution < 1.29 is 4.74 Å². The highest BCUT2D eigenvalue weighted by Gasteiger charge is 2.34. The number of allylic oxidation sites excluding steroid dienone is 2. The van der Waals surface area contributed by atoms with E-state index in [4.69, 9.17) is 4.74 Å². The lowest BCUT2D eigenvalue weighted by Gasteiger charge is -2.19. The van der Waals surface area contributed by atoms with Crippen LogP contribution in [0.2, 0.25) is 0 Å². The Bertz CT molecular complexity index is 2440. The normalized spacial score (nSPS) is 17.1. The van der Waals surface area contributed by atoms with Gasteiger partial charge in [-0.05, 0) is 71.8 Å². The number of aromatic nitrogens is 2. The third-order valence-corrected chi connectivity index (χ3v) is 9.65.